The van der Waals surface area contributed by atoms with Crippen LogP contribution in [-0.4, -0.2) is 75.6 Å². The first-order chi connectivity index (χ1) is 16.5. The molecular weight excluding hydrogens is 505 g/mol. The van der Waals surface area contributed by atoms with E-state index in [1.165, 1.54) is 28.6 Å². The third-order valence-electron chi connectivity index (χ3n) is 6.49. The number of aliphatic hydroxyl groups is 1. The highest BCUT2D eigenvalue weighted by atomic mass is 32.2. The first-order valence-electron chi connectivity index (χ1n) is 11.4. The van der Waals surface area contributed by atoms with Crippen LogP contribution in [0.4, 0.5) is 18.9 Å². The van der Waals surface area contributed by atoms with Crippen LogP contribution in [0.15, 0.2) is 46.0 Å². The molecule has 1 aromatic carbocycles. The molecule has 0 radical (unpaired) electrons. The number of nitrogens with zero attached hydrogens (tertiary/aromatic N) is 2. The van der Waals surface area contributed by atoms with Gasteiger partial charge in [0.2, 0.25) is 0 Å². The molecule has 4 rings (SSSR count). The Balaban J connectivity index is 1.52. The fourth-order valence-corrected chi connectivity index (χ4v) is 6.93. The molecule has 0 unspecified atom stereocenters. The molecule has 2 fully saturated rings. The molecule has 7 nitrogen and oxygen atoms in total. The van der Waals surface area contributed by atoms with Crippen LogP contribution in [0.2, 0.25) is 0 Å². The molecule has 2 aliphatic heterocycles. The number of benzene rings is 1. The zero-order valence-electron chi connectivity index (χ0n) is 19.3. The smallest absolute Gasteiger partial charge is 0.377 e. The minimum Gasteiger partial charge on any atom is -0.377 e. The Kier molecular flexibility index (Phi) is 7.79. The van der Waals surface area contributed by atoms with Crippen molar-refractivity contribution in [2.75, 3.05) is 44.4 Å². The van der Waals surface area contributed by atoms with Gasteiger partial charge in [0.15, 0.2) is 5.60 Å². The fourth-order valence-electron chi connectivity index (χ4n) is 4.32. The van der Waals surface area contributed by atoms with Crippen LogP contribution in [0.25, 0.3) is 0 Å². The molecule has 3 atom stereocenters. The molecule has 0 amide bonds. The molecule has 3 heterocycles. The van der Waals surface area contributed by atoms with Gasteiger partial charge in [-0.2, -0.15) is 17.5 Å². The van der Waals surface area contributed by atoms with Gasteiger partial charge in [-0.3, -0.25) is 0 Å². The van der Waals surface area contributed by atoms with Crippen molar-refractivity contribution >= 4 is 27.0 Å². The van der Waals surface area contributed by atoms with E-state index >= 15 is 0 Å². The van der Waals surface area contributed by atoms with Crippen LogP contribution in [0, 0.1) is 0 Å². The Bertz CT molecular complexity index is 1070. The van der Waals surface area contributed by atoms with E-state index in [4.69, 9.17) is 9.47 Å². The highest BCUT2D eigenvalue weighted by Crippen LogP contribution is 2.39. The third kappa shape index (κ3) is 5.67. The molecule has 2 aromatic rings. The minimum atomic E-state index is -4.81. The molecule has 1 aromatic heterocycles. The van der Waals surface area contributed by atoms with E-state index in [0.29, 0.717) is 25.4 Å². The Hall–Kier alpha value is -1.70. The number of sulfonamides is 1. The number of thiophene rings is 1. The van der Waals surface area contributed by atoms with E-state index in [2.05, 4.69) is 0 Å². The summed E-state index contributed by atoms with van der Waals surface area (Å²) in [7, 11) is -3.65. The van der Waals surface area contributed by atoms with E-state index in [0.717, 1.165) is 31.1 Å². The van der Waals surface area contributed by atoms with Gasteiger partial charge in [0.1, 0.15) is 4.21 Å². The van der Waals surface area contributed by atoms with Gasteiger partial charge in [0.25, 0.3) is 10.0 Å². The average Bonchev–Trinajstić information content (AvgIpc) is 3.53. The summed E-state index contributed by atoms with van der Waals surface area (Å²) in [6, 6.07) is 8.45. The summed E-state index contributed by atoms with van der Waals surface area (Å²) in [6.45, 7) is 2.79. The molecule has 194 valence electrons. The molecule has 35 heavy (non-hydrogen) atoms. The van der Waals surface area contributed by atoms with E-state index in [9.17, 15) is 26.7 Å². The average molecular weight is 535 g/mol. The summed E-state index contributed by atoms with van der Waals surface area (Å²) in [5.74, 6) is 0. The summed E-state index contributed by atoms with van der Waals surface area (Å²) in [4.78, 5) is 1.95. The zero-order chi connectivity index (χ0) is 25.3. The van der Waals surface area contributed by atoms with Crippen LogP contribution in [0.3, 0.4) is 0 Å². The molecule has 0 spiro atoms. The second kappa shape index (κ2) is 10.3. The lowest BCUT2D eigenvalue weighted by atomic mass is 9.95. The second-order valence-corrected chi connectivity index (χ2v) is 12.0. The molecular formula is C23H29F3N2O5S2. The summed E-state index contributed by atoms with van der Waals surface area (Å²) >= 11 is 1.16. The van der Waals surface area contributed by atoms with E-state index < -0.39 is 21.8 Å². The molecule has 12 heteroatoms. The van der Waals surface area contributed by atoms with Crippen LogP contribution in [0.5, 0.6) is 0 Å². The zero-order valence-corrected chi connectivity index (χ0v) is 20.9. The SMILES string of the molecule is C[C@](O)(c1ccc(N2CCN(S(=O)(=O)c3cccs3)C[C@@H]2COC[C@H]2CCCO2)cc1)C(F)(F)F. The van der Waals surface area contributed by atoms with Crippen LogP contribution in [-0.2, 0) is 25.1 Å². The normalized spacial score (nSPS) is 24.0. The lowest BCUT2D eigenvalue weighted by Gasteiger charge is -2.42. The Morgan fingerprint density at radius 1 is 1.17 bits per heavy atom. The van der Waals surface area contributed by atoms with Gasteiger partial charge >= 0.3 is 6.18 Å². The van der Waals surface area contributed by atoms with Crippen molar-refractivity contribution in [3.8, 4) is 0 Å². The van der Waals surface area contributed by atoms with Crippen molar-refractivity contribution in [3.05, 3.63) is 47.3 Å². The predicted octanol–water partition coefficient (Wildman–Crippen LogP) is 3.59. The first kappa shape index (κ1) is 26.4. The van der Waals surface area contributed by atoms with Crippen LogP contribution in [0.1, 0.15) is 25.3 Å². The maximum absolute atomic E-state index is 13.2. The molecule has 2 aliphatic rings. The van der Waals surface area contributed by atoms with Gasteiger partial charge in [-0.05, 0) is 48.9 Å². The standard InChI is InChI=1S/C23H29F3N2O5S2/c1-22(29,23(24,25)26)17-6-8-18(9-7-17)28-11-10-27(35(30,31)21-5-3-13-34-21)14-19(28)15-32-16-20-4-2-12-33-20/h3,5-9,13,19-20,29H,2,4,10-12,14-16H2,1H3/t19-,20-,22+/m1/s1. The van der Waals surface area contributed by atoms with E-state index in [-0.39, 0.29) is 41.6 Å². The number of hydrogen-bond acceptors (Lipinski definition) is 7. The minimum absolute atomic E-state index is 0.0156. The summed E-state index contributed by atoms with van der Waals surface area (Å²) in [5.41, 5.74) is -2.60. The molecule has 1 N–H and O–H groups in total. The van der Waals surface area contributed by atoms with Crippen molar-refractivity contribution in [3.63, 3.8) is 0 Å². The highest BCUT2D eigenvalue weighted by molar-refractivity contribution is 7.91. The number of alkyl halides is 3. The van der Waals surface area contributed by atoms with Crippen molar-refractivity contribution in [1.82, 2.24) is 4.31 Å². The highest BCUT2D eigenvalue weighted by Gasteiger charge is 2.51. The number of piperazine rings is 1. The lowest BCUT2D eigenvalue weighted by Crippen LogP contribution is -2.56. The van der Waals surface area contributed by atoms with Crippen molar-refractivity contribution < 1.29 is 36.2 Å². The van der Waals surface area contributed by atoms with Crippen LogP contribution >= 0.6 is 11.3 Å². The quantitative estimate of drug-likeness (QED) is 0.558. The number of ether oxygens (including phenoxy) is 2. The number of halogens is 3. The van der Waals surface area contributed by atoms with Gasteiger partial charge in [0, 0.05) is 31.9 Å². The molecule has 0 aliphatic carbocycles. The van der Waals surface area contributed by atoms with Gasteiger partial charge in [-0.25, -0.2) is 8.42 Å². The van der Waals surface area contributed by atoms with Gasteiger partial charge in [-0.15, -0.1) is 11.3 Å². The van der Waals surface area contributed by atoms with Gasteiger partial charge < -0.3 is 19.5 Å². The summed E-state index contributed by atoms with van der Waals surface area (Å²) < 4.78 is 79.1. The van der Waals surface area contributed by atoms with E-state index in [1.807, 2.05) is 4.90 Å². The monoisotopic (exact) mass is 534 g/mol. The Morgan fingerprint density at radius 2 is 1.91 bits per heavy atom. The molecule has 0 bridgehead atoms. The summed E-state index contributed by atoms with van der Waals surface area (Å²) in [6.07, 6.45) is -2.91. The maximum atomic E-state index is 13.2. The second-order valence-electron chi connectivity index (χ2n) is 8.93. The van der Waals surface area contributed by atoms with Crippen molar-refractivity contribution in [2.24, 2.45) is 0 Å². The lowest BCUT2D eigenvalue weighted by molar-refractivity contribution is -0.258. The van der Waals surface area contributed by atoms with Crippen LogP contribution < -0.4 is 4.90 Å². The predicted molar refractivity (Wildman–Crippen MR) is 126 cm³/mol. The topological polar surface area (TPSA) is 79.3 Å². The van der Waals surface area contributed by atoms with Crippen molar-refractivity contribution in [2.45, 2.75) is 47.9 Å². The van der Waals surface area contributed by atoms with Gasteiger partial charge in [-0.1, -0.05) is 18.2 Å². The maximum Gasteiger partial charge on any atom is 0.421 e. The largest absolute Gasteiger partial charge is 0.421 e. The Morgan fingerprint density at radius 3 is 2.51 bits per heavy atom. The molecule has 0 saturated carbocycles. The summed E-state index contributed by atoms with van der Waals surface area (Å²) in [5, 5.41) is 11.7. The molecule has 2 saturated heterocycles. The Labute approximate surface area is 207 Å². The first-order valence-corrected chi connectivity index (χ1v) is 13.7. The number of rotatable bonds is 8. The number of hydrogen-bond donors (Lipinski definition) is 1. The van der Waals surface area contributed by atoms with Crippen molar-refractivity contribution in [1.29, 1.82) is 0 Å². The number of anilines is 1. The van der Waals surface area contributed by atoms with Gasteiger partial charge in [0.05, 0.1) is 25.4 Å². The third-order valence-corrected chi connectivity index (χ3v) is 9.72. The van der Waals surface area contributed by atoms with E-state index in [1.54, 1.807) is 17.5 Å². The fraction of sp³-hybridized carbons (Fsp3) is 0.565.